The minimum atomic E-state index is -0.827. The molecule has 1 aliphatic rings. The van der Waals surface area contributed by atoms with Gasteiger partial charge >= 0.3 is 11.9 Å². The summed E-state index contributed by atoms with van der Waals surface area (Å²) < 4.78 is 22.8. The number of nitrogens with zero attached hydrogens (tertiary/aromatic N) is 2. The van der Waals surface area contributed by atoms with Gasteiger partial charge in [0.2, 0.25) is 0 Å². The average Bonchev–Trinajstić information content (AvgIpc) is 3.17. The van der Waals surface area contributed by atoms with Gasteiger partial charge in [0.1, 0.15) is 5.75 Å². The molecule has 0 aliphatic carbocycles. The first kappa shape index (κ1) is 24.9. The fraction of sp³-hybridized carbons (Fsp3) is 0.231. The Balaban J connectivity index is 1.93. The summed E-state index contributed by atoms with van der Waals surface area (Å²) in [5, 5.41) is 0. The maximum Gasteiger partial charge on any atom is 0.338 e. The molecule has 0 radical (unpaired) electrons. The summed E-state index contributed by atoms with van der Waals surface area (Å²) in [6.45, 7) is 2.99. The molecular formula is C26H24N2O7S. The predicted octanol–water partition coefficient (Wildman–Crippen LogP) is 2.35. The van der Waals surface area contributed by atoms with Gasteiger partial charge in [0.25, 0.3) is 5.56 Å². The lowest BCUT2D eigenvalue weighted by Crippen LogP contribution is -2.39. The van der Waals surface area contributed by atoms with Gasteiger partial charge < -0.3 is 18.9 Å². The average molecular weight is 509 g/mol. The van der Waals surface area contributed by atoms with Crippen molar-refractivity contribution >= 4 is 29.4 Å². The Morgan fingerprint density at radius 1 is 1.03 bits per heavy atom. The van der Waals surface area contributed by atoms with Gasteiger partial charge in [-0.1, -0.05) is 29.5 Å². The van der Waals surface area contributed by atoms with Gasteiger partial charge in [-0.25, -0.2) is 9.79 Å². The smallest absolute Gasteiger partial charge is 0.338 e. The Morgan fingerprint density at radius 2 is 1.75 bits per heavy atom. The van der Waals surface area contributed by atoms with Crippen molar-refractivity contribution in [3.05, 3.63) is 84.5 Å². The Morgan fingerprint density at radius 3 is 2.36 bits per heavy atom. The van der Waals surface area contributed by atoms with Crippen molar-refractivity contribution in [1.82, 2.24) is 4.57 Å². The molecule has 0 saturated carbocycles. The molecule has 2 heterocycles. The zero-order valence-electron chi connectivity index (χ0n) is 20.4. The van der Waals surface area contributed by atoms with Crippen LogP contribution in [0, 0.1) is 0 Å². The van der Waals surface area contributed by atoms with Gasteiger partial charge in [-0.05, 0) is 48.4 Å². The van der Waals surface area contributed by atoms with Crippen molar-refractivity contribution in [1.29, 1.82) is 0 Å². The molecule has 36 heavy (non-hydrogen) atoms. The largest absolute Gasteiger partial charge is 0.497 e. The molecule has 0 saturated heterocycles. The summed E-state index contributed by atoms with van der Waals surface area (Å²) in [5.41, 5.74) is 1.73. The Bertz CT molecular complexity index is 1550. The summed E-state index contributed by atoms with van der Waals surface area (Å²) >= 11 is 1.22. The highest BCUT2D eigenvalue weighted by Crippen LogP contribution is 2.36. The van der Waals surface area contributed by atoms with Crippen LogP contribution in [0.1, 0.15) is 31.0 Å². The van der Waals surface area contributed by atoms with Gasteiger partial charge in [0.15, 0.2) is 16.3 Å². The van der Waals surface area contributed by atoms with Crippen LogP contribution in [-0.4, -0.2) is 37.8 Å². The number of allylic oxidation sites excluding steroid dienone is 1. The molecule has 0 bridgehead atoms. The fourth-order valence-electron chi connectivity index (χ4n) is 3.95. The van der Waals surface area contributed by atoms with E-state index in [1.165, 1.54) is 37.0 Å². The molecular weight excluding hydrogens is 484 g/mol. The van der Waals surface area contributed by atoms with Gasteiger partial charge in [0.05, 0.1) is 43.2 Å². The van der Waals surface area contributed by atoms with Crippen LogP contribution in [0.3, 0.4) is 0 Å². The number of carbonyl (C=O) groups is 2. The summed E-state index contributed by atoms with van der Waals surface area (Å²) in [6.07, 6.45) is 1.77. The Hall–Kier alpha value is -4.18. The molecule has 1 unspecified atom stereocenters. The topological polar surface area (TPSA) is 105 Å². The molecule has 1 aromatic heterocycles. The summed E-state index contributed by atoms with van der Waals surface area (Å²) in [5.74, 6) is 0.105. The van der Waals surface area contributed by atoms with E-state index in [0.717, 1.165) is 5.56 Å². The van der Waals surface area contributed by atoms with Crippen molar-refractivity contribution in [2.75, 3.05) is 21.3 Å². The second-order valence-corrected chi connectivity index (χ2v) is 8.86. The second kappa shape index (κ2) is 10.2. The van der Waals surface area contributed by atoms with Gasteiger partial charge in [0, 0.05) is 6.92 Å². The Labute approximate surface area is 210 Å². The van der Waals surface area contributed by atoms with E-state index in [0.29, 0.717) is 26.3 Å². The lowest BCUT2D eigenvalue weighted by Gasteiger charge is -2.25. The highest BCUT2D eigenvalue weighted by molar-refractivity contribution is 7.07. The first-order valence-electron chi connectivity index (χ1n) is 10.9. The molecule has 1 aliphatic heterocycles. The predicted molar refractivity (Wildman–Crippen MR) is 133 cm³/mol. The number of carbonyl (C=O) groups excluding carboxylic acids is 2. The third kappa shape index (κ3) is 4.67. The lowest BCUT2D eigenvalue weighted by molar-refractivity contribution is -0.136. The number of rotatable bonds is 6. The van der Waals surface area contributed by atoms with E-state index in [4.69, 9.17) is 18.9 Å². The SMILES string of the molecule is COC(=O)C1=C(C)N=c2sc(=Cc3ccc(OC)cc3)c(=O)n2C1c1ccc(OC(C)=O)c(OC)c1. The second-order valence-electron chi connectivity index (χ2n) is 7.85. The van der Waals surface area contributed by atoms with Crippen molar-refractivity contribution in [3.8, 4) is 17.2 Å². The molecule has 0 fully saturated rings. The maximum atomic E-state index is 13.6. The zero-order chi connectivity index (χ0) is 26.0. The summed E-state index contributed by atoms with van der Waals surface area (Å²) in [7, 11) is 4.30. The third-order valence-electron chi connectivity index (χ3n) is 5.60. The molecule has 10 heteroatoms. The van der Waals surface area contributed by atoms with E-state index in [1.54, 1.807) is 38.3 Å². The molecule has 0 N–H and O–H groups in total. The van der Waals surface area contributed by atoms with Crippen molar-refractivity contribution in [2.45, 2.75) is 19.9 Å². The highest BCUT2D eigenvalue weighted by Gasteiger charge is 2.33. The highest BCUT2D eigenvalue weighted by atomic mass is 32.1. The van der Waals surface area contributed by atoms with Crippen molar-refractivity contribution < 1.29 is 28.5 Å². The maximum absolute atomic E-state index is 13.6. The molecule has 3 aromatic rings. The first-order chi connectivity index (χ1) is 17.3. The number of esters is 2. The van der Waals surface area contributed by atoms with Crippen molar-refractivity contribution in [3.63, 3.8) is 0 Å². The number of methoxy groups -OCH3 is 3. The summed E-state index contributed by atoms with van der Waals surface area (Å²) in [4.78, 5) is 42.9. The quantitative estimate of drug-likeness (QED) is 0.372. The van der Waals surface area contributed by atoms with E-state index in [1.807, 2.05) is 24.3 Å². The van der Waals surface area contributed by atoms with E-state index in [2.05, 4.69) is 4.99 Å². The number of benzene rings is 2. The van der Waals surface area contributed by atoms with Gasteiger partial charge in [-0.15, -0.1) is 0 Å². The molecule has 2 aromatic carbocycles. The minimum absolute atomic E-state index is 0.223. The number of hydrogen-bond acceptors (Lipinski definition) is 9. The Kier molecular flexibility index (Phi) is 7.07. The molecule has 4 rings (SSSR count). The van der Waals surface area contributed by atoms with Crippen LogP contribution in [0.2, 0.25) is 0 Å². The van der Waals surface area contributed by atoms with Crippen molar-refractivity contribution in [2.24, 2.45) is 4.99 Å². The summed E-state index contributed by atoms with van der Waals surface area (Å²) in [6, 6.07) is 11.3. The fourth-order valence-corrected chi connectivity index (χ4v) is 5.00. The normalized spacial score (nSPS) is 15.1. The van der Waals surface area contributed by atoms with Gasteiger partial charge in [-0.2, -0.15) is 0 Å². The van der Waals surface area contributed by atoms with Crippen LogP contribution in [-0.2, 0) is 14.3 Å². The van der Waals surface area contributed by atoms with E-state index in [9.17, 15) is 14.4 Å². The number of hydrogen-bond donors (Lipinski definition) is 0. The van der Waals surface area contributed by atoms with Crippen LogP contribution in [0.5, 0.6) is 17.2 Å². The molecule has 0 spiro atoms. The van der Waals surface area contributed by atoms with E-state index < -0.39 is 18.0 Å². The monoisotopic (exact) mass is 508 g/mol. The van der Waals surface area contributed by atoms with E-state index in [-0.39, 0.29) is 22.6 Å². The zero-order valence-corrected chi connectivity index (χ0v) is 21.2. The number of fused-ring (bicyclic) bond motifs is 1. The standard InChI is InChI=1S/C26H24N2O7S/c1-14-22(25(31)34-5)23(17-8-11-19(35-15(2)29)20(13-17)33-4)28-24(30)21(36-26(28)27-14)12-16-6-9-18(32-3)10-7-16/h6-13,23H,1-5H3. The molecule has 1 atom stereocenters. The lowest BCUT2D eigenvalue weighted by atomic mass is 9.95. The first-order valence-corrected chi connectivity index (χ1v) is 11.7. The van der Waals surface area contributed by atoms with Gasteiger partial charge in [-0.3, -0.25) is 14.2 Å². The van der Waals surface area contributed by atoms with Crippen LogP contribution in [0.4, 0.5) is 0 Å². The number of aromatic nitrogens is 1. The molecule has 186 valence electrons. The molecule has 0 amide bonds. The third-order valence-corrected chi connectivity index (χ3v) is 6.58. The van der Waals surface area contributed by atoms with Crippen LogP contribution < -0.4 is 29.1 Å². The van der Waals surface area contributed by atoms with E-state index >= 15 is 0 Å². The van der Waals surface area contributed by atoms with Crippen LogP contribution in [0.15, 0.2) is 63.5 Å². The van der Waals surface area contributed by atoms with Crippen LogP contribution in [0.25, 0.3) is 6.08 Å². The van der Waals surface area contributed by atoms with Crippen LogP contribution >= 0.6 is 11.3 Å². The minimum Gasteiger partial charge on any atom is -0.497 e. The molecule has 9 nitrogen and oxygen atoms in total. The number of thiazole rings is 1. The number of ether oxygens (including phenoxy) is 4.